The van der Waals surface area contributed by atoms with E-state index in [4.69, 9.17) is 23.7 Å². The van der Waals surface area contributed by atoms with Crippen LogP contribution < -0.4 is 4.74 Å². The van der Waals surface area contributed by atoms with Gasteiger partial charge in [-0.2, -0.15) is 0 Å². The van der Waals surface area contributed by atoms with E-state index in [9.17, 15) is 5.11 Å². The molecule has 34 heavy (non-hydrogen) atoms. The fraction of sp³-hybridized carbons (Fsp3) is 0.357. The van der Waals surface area contributed by atoms with Crippen molar-refractivity contribution >= 4 is 0 Å². The van der Waals surface area contributed by atoms with Crippen LogP contribution in [0, 0.1) is 0 Å². The number of rotatable bonds is 10. The molecule has 3 aromatic rings. The molecule has 0 spiro atoms. The Morgan fingerprint density at radius 1 is 0.676 bits per heavy atom. The second kappa shape index (κ2) is 12.1. The molecular weight excluding hydrogens is 432 g/mol. The van der Waals surface area contributed by atoms with Gasteiger partial charge in [0.1, 0.15) is 24.1 Å². The number of aliphatic hydroxyl groups excluding tert-OH is 1. The molecule has 4 rings (SSSR count). The standard InChI is InChI=1S/C28H32O6/c1-20-26(31-17-21-9-5-3-6-10-21)25(29)27(32-18-22-11-7-4-8-12-22)28(34-20)33-19-23-13-15-24(30-2)16-14-23/h3-16,20,25-29H,17-19H2,1-2H3/t20-,25+,26-,27+,28+/m0/s1. The van der Waals surface area contributed by atoms with Crippen LogP contribution in [0.2, 0.25) is 0 Å². The highest BCUT2D eigenvalue weighted by Crippen LogP contribution is 2.29. The summed E-state index contributed by atoms with van der Waals surface area (Å²) >= 11 is 0. The molecule has 6 nitrogen and oxygen atoms in total. The summed E-state index contributed by atoms with van der Waals surface area (Å²) in [5.41, 5.74) is 3.00. The highest BCUT2D eigenvalue weighted by atomic mass is 16.7. The second-order valence-corrected chi connectivity index (χ2v) is 8.38. The summed E-state index contributed by atoms with van der Waals surface area (Å²) in [6, 6.07) is 27.3. The van der Waals surface area contributed by atoms with Crippen molar-refractivity contribution in [1.82, 2.24) is 0 Å². The van der Waals surface area contributed by atoms with Gasteiger partial charge in [0.2, 0.25) is 0 Å². The number of aliphatic hydroxyl groups is 1. The monoisotopic (exact) mass is 464 g/mol. The van der Waals surface area contributed by atoms with Gasteiger partial charge in [0.25, 0.3) is 0 Å². The second-order valence-electron chi connectivity index (χ2n) is 8.38. The molecule has 0 aliphatic carbocycles. The molecule has 0 aromatic heterocycles. The molecule has 0 radical (unpaired) electrons. The summed E-state index contributed by atoms with van der Waals surface area (Å²) in [5.74, 6) is 0.782. The first-order valence-corrected chi connectivity index (χ1v) is 11.5. The highest BCUT2D eigenvalue weighted by Gasteiger charge is 2.45. The Labute approximate surface area is 201 Å². The summed E-state index contributed by atoms with van der Waals surface area (Å²) < 4.78 is 29.7. The highest BCUT2D eigenvalue weighted by molar-refractivity contribution is 5.26. The normalized spacial score (nSPS) is 24.6. The lowest BCUT2D eigenvalue weighted by Gasteiger charge is -2.43. The molecule has 5 atom stereocenters. The molecular formula is C28H32O6. The number of benzene rings is 3. The van der Waals surface area contributed by atoms with Crippen molar-refractivity contribution in [3.05, 3.63) is 102 Å². The molecule has 1 aliphatic heterocycles. The van der Waals surface area contributed by atoms with Gasteiger partial charge in [-0.05, 0) is 35.7 Å². The smallest absolute Gasteiger partial charge is 0.187 e. The van der Waals surface area contributed by atoms with Crippen molar-refractivity contribution in [2.45, 2.75) is 57.5 Å². The average molecular weight is 465 g/mol. The lowest BCUT2D eigenvalue weighted by Crippen LogP contribution is -2.59. The SMILES string of the molecule is COc1ccc(CO[C@@H]2O[C@@H](C)[C@H](OCc3ccccc3)[C@@H](O)[C@H]2OCc2ccccc2)cc1. The molecule has 0 saturated carbocycles. The maximum atomic E-state index is 11.3. The topological polar surface area (TPSA) is 66.4 Å². The minimum absolute atomic E-state index is 0.314. The van der Waals surface area contributed by atoms with E-state index in [1.807, 2.05) is 91.9 Å². The van der Waals surface area contributed by atoms with Gasteiger partial charge < -0.3 is 28.8 Å². The largest absolute Gasteiger partial charge is 0.497 e. The van der Waals surface area contributed by atoms with E-state index in [2.05, 4.69) is 0 Å². The first kappa shape index (κ1) is 24.4. The minimum Gasteiger partial charge on any atom is -0.497 e. The van der Waals surface area contributed by atoms with Crippen LogP contribution in [0.1, 0.15) is 23.6 Å². The molecule has 0 amide bonds. The number of hydrogen-bond donors (Lipinski definition) is 1. The van der Waals surface area contributed by atoms with Gasteiger partial charge in [-0.15, -0.1) is 0 Å². The zero-order valence-electron chi connectivity index (χ0n) is 19.6. The van der Waals surface area contributed by atoms with Crippen LogP contribution in [0.15, 0.2) is 84.9 Å². The Kier molecular flexibility index (Phi) is 8.68. The third kappa shape index (κ3) is 6.44. The Balaban J connectivity index is 1.44. The van der Waals surface area contributed by atoms with Crippen LogP contribution in [0.3, 0.4) is 0 Å². The number of ether oxygens (including phenoxy) is 5. The molecule has 0 unspecified atom stereocenters. The molecule has 3 aromatic carbocycles. The molecule has 1 fully saturated rings. The van der Waals surface area contributed by atoms with Crippen molar-refractivity contribution in [2.24, 2.45) is 0 Å². The van der Waals surface area contributed by atoms with E-state index >= 15 is 0 Å². The summed E-state index contributed by atoms with van der Waals surface area (Å²) in [5, 5.41) is 11.3. The summed E-state index contributed by atoms with van der Waals surface area (Å²) in [7, 11) is 1.63. The maximum absolute atomic E-state index is 11.3. The first-order valence-electron chi connectivity index (χ1n) is 11.5. The van der Waals surface area contributed by atoms with Crippen LogP contribution in [-0.2, 0) is 38.8 Å². The predicted octanol–water partition coefficient (Wildman–Crippen LogP) is 4.49. The Bertz CT molecular complexity index is 979. The summed E-state index contributed by atoms with van der Waals surface area (Å²) in [6.07, 6.45) is -3.31. The van der Waals surface area contributed by atoms with Crippen molar-refractivity contribution in [3.63, 3.8) is 0 Å². The molecule has 1 N–H and O–H groups in total. The molecule has 1 aliphatic rings. The van der Waals surface area contributed by atoms with E-state index in [1.165, 1.54) is 0 Å². The Morgan fingerprint density at radius 3 is 1.74 bits per heavy atom. The van der Waals surface area contributed by atoms with Gasteiger partial charge in [0.15, 0.2) is 6.29 Å². The Morgan fingerprint density at radius 2 is 1.18 bits per heavy atom. The van der Waals surface area contributed by atoms with Crippen molar-refractivity contribution in [2.75, 3.05) is 7.11 Å². The van der Waals surface area contributed by atoms with E-state index in [0.717, 1.165) is 22.4 Å². The van der Waals surface area contributed by atoms with Crippen LogP contribution in [-0.4, -0.2) is 42.9 Å². The van der Waals surface area contributed by atoms with Gasteiger partial charge in [-0.3, -0.25) is 0 Å². The molecule has 0 bridgehead atoms. The van der Waals surface area contributed by atoms with Crippen molar-refractivity contribution < 1.29 is 28.8 Å². The predicted molar refractivity (Wildman–Crippen MR) is 128 cm³/mol. The van der Waals surface area contributed by atoms with Gasteiger partial charge in [0.05, 0.1) is 33.0 Å². The van der Waals surface area contributed by atoms with Gasteiger partial charge in [0, 0.05) is 0 Å². The zero-order valence-corrected chi connectivity index (χ0v) is 19.6. The average Bonchev–Trinajstić information content (AvgIpc) is 2.88. The molecule has 1 heterocycles. The lowest BCUT2D eigenvalue weighted by molar-refractivity contribution is -0.314. The van der Waals surface area contributed by atoms with Crippen LogP contribution in [0.5, 0.6) is 5.75 Å². The van der Waals surface area contributed by atoms with Crippen LogP contribution >= 0.6 is 0 Å². The van der Waals surface area contributed by atoms with Crippen molar-refractivity contribution in [3.8, 4) is 5.75 Å². The summed E-state index contributed by atoms with van der Waals surface area (Å²) in [4.78, 5) is 0. The first-order chi connectivity index (χ1) is 16.6. The third-order valence-corrected chi connectivity index (χ3v) is 5.90. The lowest BCUT2D eigenvalue weighted by atomic mass is 9.99. The quantitative estimate of drug-likeness (QED) is 0.477. The van der Waals surface area contributed by atoms with Crippen LogP contribution in [0.4, 0.5) is 0 Å². The van der Waals surface area contributed by atoms with E-state index < -0.39 is 24.6 Å². The molecule has 6 heteroatoms. The van der Waals surface area contributed by atoms with E-state index in [0.29, 0.717) is 19.8 Å². The third-order valence-electron chi connectivity index (χ3n) is 5.90. The van der Waals surface area contributed by atoms with Crippen LogP contribution in [0.25, 0.3) is 0 Å². The van der Waals surface area contributed by atoms with Gasteiger partial charge >= 0.3 is 0 Å². The molecule has 180 valence electrons. The fourth-order valence-corrected chi connectivity index (χ4v) is 3.97. The fourth-order valence-electron chi connectivity index (χ4n) is 3.97. The summed E-state index contributed by atoms with van der Waals surface area (Å²) in [6.45, 7) is 2.90. The van der Waals surface area contributed by atoms with Crippen molar-refractivity contribution in [1.29, 1.82) is 0 Å². The minimum atomic E-state index is -0.919. The van der Waals surface area contributed by atoms with E-state index in [1.54, 1.807) is 7.11 Å². The van der Waals surface area contributed by atoms with Gasteiger partial charge in [-0.25, -0.2) is 0 Å². The molecule has 1 saturated heterocycles. The van der Waals surface area contributed by atoms with Gasteiger partial charge in [-0.1, -0.05) is 72.8 Å². The number of methoxy groups -OCH3 is 1. The van der Waals surface area contributed by atoms with E-state index in [-0.39, 0.29) is 6.10 Å². The maximum Gasteiger partial charge on any atom is 0.187 e. The zero-order chi connectivity index (χ0) is 23.8. The Hall–Kier alpha value is -2.74. The number of hydrogen-bond acceptors (Lipinski definition) is 6.